The number of halogens is 1. The maximum atomic E-state index is 9.23. The highest BCUT2D eigenvalue weighted by molar-refractivity contribution is 6.30. The lowest BCUT2D eigenvalue weighted by Crippen LogP contribution is -2.06. The third-order valence-electron chi connectivity index (χ3n) is 2.60. The van der Waals surface area contributed by atoms with Crippen LogP contribution < -0.4 is 5.32 Å². The number of anilines is 1. The van der Waals surface area contributed by atoms with E-state index in [9.17, 15) is 5.11 Å². The Labute approximate surface area is 106 Å². The summed E-state index contributed by atoms with van der Waals surface area (Å²) in [4.78, 5) is 0. The van der Waals surface area contributed by atoms with Gasteiger partial charge in [-0.1, -0.05) is 29.8 Å². The Morgan fingerprint density at radius 3 is 2.47 bits per heavy atom. The van der Waals surface area contributed by atoms with E-state index in [4.69, 9.17) is 11.6 Å². The van der Waals surface area contributed by atoms with Gasteiger partial charge in [-0.25, -0.2) is 0 Å². The minimum atomic E-state index is 0.161. The van der Waals surface area contributed by atoms with E-state index in [0.717, 1.165) is 11.3 Å². The van der Waals surface area contributed by atoms with Crippen LogP contribution in [0.25, 0.3) is 0 Å². The summed E-state index contributed by atoms with van der Waals surface area (Å²) in [5.41, 5.74) is 2.10. The van der Waals surface area contributed by atoms with Gasteiger partial charge in [0.25, 0.3) is 0 Å². The largest absolute Gasteiger partial charge is 0.508 e. The summed E-state index contributed by atoms with van der Waals surface area (Å²) < 4.78 is 0. The van der Waals surface area contributed by atoms with Crippen molar-refractivity contribution in [3.8, 4) is 5.75 Å². The molecule has 2 rings (SSSR count). The van der Waals surface area contributed by atoms with Crippen LogP contribution in [-0.4, -0.2) is 5.11 Å². The van der Waals surface area contributed by atoms with Crippen LogP contribution in [0.2, 0.25) is 5.02 Å². The lowest BCUT2D eigenvalue weighted by Gasteiger charge is -2.15. The summed E-state index contributed by atoms with van der Waals surface area (Å²) >= 11 is 5.92. The number of phenolic OH excluding ortho intramolecular Hbond substituents is 1. The maximum absolute atomic E-state index is 9.23. The molecule has 0 aliphatic heterocycles. The fourth-order valence-electron chi connectivity index (χ4n) is 1.67. The maximum Gasteiger partial charge on any atom is 0.115 e. The van der Waals surface area contributed by atoms with Crippen LogP contribution in [0.15, 0.2) is 48.5 Å². The van der Waals surface area contributed by atoms with E-state index in [1.165, 1.54) is 0 Å². The first-order valence-electron chi connectivity index (χ1n) is 5.46. The van der Waals surface area contributed by atoms with Gasteiger partial charge in [0.15, 0.2) is 0 Å². The van der Waals surface area contributed by atoms with Crippen LogP contribution in [0.5, 0.6) is 5.75 Å². The zero-order valence-electron chi connectivity index (χ0n) is 9.52. The molecule has 0 heterocycles. The van der Waals surface area contributed by atoms with Crippen molar-refractivity contribution in [2.24, 2.45) is 0 Å². The van der Waals surface area contributed by atoms with E-state index < -0.39 is 0 Å². The zero-order valence-corrected chi connectivity index (χ0v) is 10.3. The van der Waals surface area contributed by atoms with Crippen LogP contribution in [0.3, 0.4) is 0 Å². The molecule has 1 atom stereocenters. The van der Waals surface area contributed by atoms with E-state index in [1.807, 2.05) is 36.4 Å². The molecular formula is C14H14ClNO. The third kappa shape index (κ3) is 3.14. The van der Waals surface area contributed by atoms with E-state index >= 15 is 0 Å². The summed E-state index contributed by atoms with van der Waals surface area (Å²) in [5, 5.41) is 13.3. The van der Waals surface area contributed by atoms with E-state index in [-0.39, 0.29) is 11.8 Å². The Balaban J connectivity index is 2.11. The average molecular weight is 248 g/mol. The van der Waals surface area contributed by atoms with Crippen molar-refractivity contribution in [1.82, 2.24) is 0 Å². The van der Waals surface area contributed by atoms with Crippen LogP contribution in [-0.2, 0) is 0 Å². The van der Waals surface area contributed by atoms with Crippen LogP contribution in [0, 0.1) is 0 Å². The first-order valence-corrected chi connectivity index (χ1v) is 5.84. The predicted molar refractivity (Wildman–Crippen MR) is 71.6 cm³/mol. The Kier molecular flexibility index (Phi) is 3.55. The number of aromatic hydroxyl groups is 1. The van der Waals surface area contributed by atoms with E-state index in [0.29, 0.717) is 5.02 Å². The second-order valence-electron chi connectivity index (χ2n) is 3.97. The van der Waals surface area contributed by atoms with Crippen LogP contribution in [0.1, 0.15) is 18.5 Å². The van der Waals surface area contributed by atoms with Gasteiger partial charge in [-0.05, 0) is 42.8 Å². The summed E-state index contributed by atoms with van der Waals surface area (Å²) in [7, 11) is 0. The summed E-state index contributed by atoms with van der Waals surface area (Å²) in [6.07, 6.45) is 0. The molecule has 2 aromatic carbocycles. The number of rotatable bonds is 3. The van der Waals surface area contributed by atoms with Gasteiger partial charge in [0.1, 0.15) is 5.75 Å². The third-order valence-corrected chi connectivity index (χ3v) is 2.84. The molecule has 0 saturated heterocycles. The van der Waals surface area contributed by atoms with Crippen LogP contribution >= 0.6 is 11.6 Å². The molecule has 0 bridgehead atoms. The number of hydrogen-bond acceptors (Lipinski definition) is 2. The lowest BCUT2D eigenvalue weighted by molar-refractivity contribution is 0.475. The van der Waals surface area contributed by atoms with Gasteiger partial charge in [-0.3, -0.25) is 0 Å². The molecule has 0 radical (unpaired) electrons. The molecule has 0 amide bonds. The SMILES string of the molecule is CC(Nc1cccc(Cl)c1)c1ccc(O)cc1. The van der Waals surface area contributed by atoms with Crippen molar-refractivity contribution in [2.45, 2.75) is 13.0 Å². The number of benzene rings is 2. The van der Waals surface area contributed by atoms with Crippen molar-refractivity contribution < 1.29 is 5.11 Å². The van der Waals surface area contributed by atoms with Gasteiger partial charge in [-0.15, -0.1) is 0 Å². The van der Waals surface area contributed by atoms with Crippen molar-refractivity contribution in [1.29, 1.82) is 0 Å². The number of phenols is 1. The molecule has 0 aliphatic rings. The number of hydrogen-bond donors (Lipinski definition) is 2. The summed E-state index contributed by atoms with van der Waals surface area (Å²) in [5.74, 6) is 0.281. The zero-order chi connectivity index (χ0) is 12.3. The molecule has 2 N–H and O–H groups in total. The fourth-order valence-corrected chi connectivity index (χ4v) is 1.86. The van der Waals surface area contributed by atoms with Crippen molar-refractivity contribution in [3.63, 3.8) is 0 Å². The highest BCUT2D eigenvalue weighted by Crippen LogP contribution is 2.22. The van der Waals surface area contributed by atoms with Gasteiger partial charge < -0.3 is 10.4 Å². The summed E-state index contributed by atoms with van der Waals surface area (Å²) in [6.45, 7) is 2.06. The first-order chi connectivity index (χ1) is 8.15. The quantitative estimate of drug-likeness (QED) is 0.851. The first kappa shape index (κ1) is 11.8. The summed E-state index contributed by atoms with van der Waals surface area (Å²) in [6, 6.07) is 15.0. The van der Waals surface area contributed by atoms with Gasteiger partial charge >= 0.3 is 0 Å². The topological polar surface area (TPSA) is 32.3 Å². The molecule has 0 saturated carbocycles. The van der Waals surface area contributed by atoms with Gasteiger partial charge in [-0.2, -0.15) is 0 Å². The lowest BCUT2D eigenvalue weighted by atomic mass is 10.1. The van der Waals surface area contributed by atoms with Gasteiger partial charge in [0.05, 0.1) is 0 Å². The second kappa shape index (κ2) is 5.11. The van der Waals surface area contributed by atoms with Crippen molar-refractivity contribution in [3.05, 3.63) is 59.1 Å². The average Bonchev–Trinajstić information content (AvgIpc) is 2.29. The smallest absolute Gasteiger partial charge is 0.115 e. The second-order valence-corrected chi connectivity index (χ2v) is 4.40. The highest BCUT2D eigenvalue weighted by atomic mass is 35.5. The standard InChI is InChI=1S/C14H14ClNO/c1-10(11-5-7-14(17)8-6-11)16-13-4-2-3-12(15)9-13/h2-10,16-17H,1H3. The van der Waals surface area contributed by atoms with Gasteiger partial charge in [0, 0.05) is 16.8 Å². The van der Waals surface area contributed by atoms with Gasteiger partial charge in [0.2, 0.25) is 0 Å². The molecular weight excluding hydrogens is 234 g/mol. The Morgan fingerprint density at radius 1 is 1.12 bits per heavy atom. The van der Waals surface area contributed by atoms with E-state index in [1.54, 1.807) is 12.1 Å². The Hall–Kier alpha value is -1.67. The van der Waals surface area contributed by atoms with Crippen molar-refractivity contribution in [2.75, 3.05) is 5.32 Å². The fraction of sp³-hybridized carbons (Fsp3) is 0.143. The molecule has 1 unspecified atom stereocenters. The molecule has 0 fully saturated rings. The molecule has 0 aromatic heterocycles. The minimum Gasteiger partial charge on any atom is -0.508 e. The molecule has 88 valence electrons. The molecule has 2 aromatic rings. The minimum absolute atomic E-state index is 0.161. The van der Waals surface area contributed by atoms with E-state index in [2.05, 4.69) is 12.2 Å². The molecule has 3 heteroatoms. The Morgan fingerprint density at radius 2 is 1.82 bits per heavy atom. The molecule has 0 aliphatic carbocycles. The molecule has 2 nitrogen and oxygen atoms in total. The normalized spacial score (nSPS) is 12.1. The molecule has 17 heavy (non-hydrogen) atoms. The predicted octanol–water partition coefficient (Wildman–Crippen LogP) is 4.22. The Bertz CT molecular complexity index is 496. The highest BCUT2D eigenvalue weighted by Gasteiger charge is 2.05. The van der Waals surface area contributed by atoms with Crippen molar-refractivity contribution >= 4 is 17.3 Å². The van der Waals surface area contributed by atoms with Crippen LogP contribution in [0.4, 0.5) is 5.69 Å². The monoisotopic (exact) mass is 247 g/mol. The number of nitrogens with one attached hydrogen (secondary N) is 1. The molecule has 0 spiro atoms.